The number of methoxy groups -OCH3 is 1. The summed E-state index contributed by atoms with van der Waals surface area (Å²) in [5, 5.41) is 8.87. The van der Waals surface area contributed by atoms with Gasteiger partial charge in [-0.05, 0) is 61.4 Å². The molecule has 10 heteroatoms. The summed E-state index contributed by atoms with van der Waals surface area (Å²) in [6, 6.07) is 14.7. The van der Waals surface area contributed by atoms with Crippen LogP contribution < -0.4 is 5.56 Å². The van der Waals surface area contributed by atoms with E-state index in [0.717, 1.165) is 11.3 Å². The molecular weight excluding hydrogens is 475 g/mol. The third-order valence-corrected chi connectivity index (χ3v) is 5.98. The van der Waals surface area contributed by atoms with Crippen LogP contribution in [0.1, 0.15) is 25.1 Å². The van der Waals surface area contributed by atoms with Crippen LogP contribution in [-0.4, -0.2) is 42.6 Å². The van der Waals surface area contributed by atoms with E-state index in [9.17, 15) is 14.0 Å². The number of aromatic nitrogens is 6. The molecule has 5 aromatic rings. The van der Waals surface area contributed by atoms with Crippen molar-refractivity contribution in [3.05, 3.63) is 95.2 Å². The Kier molecular flexibility index (Phi) is 6.80. The number of unbranched alkanes of at least 4 members (excludes halogenated alkanes) is 1. The fraction of sp³-hybridized carbons (Fsp3) is 0.185. The standard InChI is InChI=1S/C27H23FN6O3/c1-37-26(35)7-3-2-6-25-30-23-15-18(24-17-33(32-31-24)21-5-4-14-29-16-21)8-13-22(23)27(36)34(25)20-11-9-19(28)10-12-20/h4-5,8-17H,2-3,6-7H2,1H3. The number of halogens is 1. The zero-order valence-corrected chi connectivity index (χ0v) is 20.0. The molecule has 0 amide bonds. The maximum atomic E-state index is 13.6. The van der Waals surface area contributed by atoms with Crippen molar-refractivity contribution in [1.29, 1.82) is 0 Å². The Hall–Kier alpha value is -4.73. The van der Waals surface area contributed by atoms with Gasteiger partial charge in [0.15, 0.2) is 0 Å². The third kappa shape index (κ3) is 5.13. The van der Waals surface area contributed by atoms with E-state index < -0.39 is 5.82 Å². The Bertz CT molecular complexity index is 1610. The average Bonchev–Trinajstić information content (AvgIpc) is 3.42. The number of rotatable bonds is 8. The van der Waals surface area contributed by atoms with E-state index in [4.69, 9.17) is 9.72 Å². The van der Waals surface area contributed by atoms with Gasteiger partial charge >= 0.3 is 5.97 Å². The summed E-state index contributed by atoms with van der Waals surface area (Å²) in [5.41, 5.74) is 2.93. The highest BCUT2D eigenvalue weighted by Crippen LogP contribution is 2.23. The molecule has 0 N–H and O–H groups in total. The van der Waals surface area contributed by atoms with E-state index in [1.165, 1.54) is 23.8 Å². The van der Waals surface area contributed by atoms with E-state index in [0.29, 0.717) is 47.4 Å². The van der Waals surface area contributed by atoms with Gasteiger partial charge in [0.2, 0.25) is 0 Å². The van der Waals surface area contributed by atoms with Gasteiger partial charge in [-0.1, -0.05) is 11.3 Å². The molecule has 9 nitrogen and oxygen atoms in total. The van der Waals surface area contributed by atoms with Crippen LogP contribution in [0.15, 0.2) is 78.0 Å². The molecule has 2 aromatic carbocycles. The summed E-state index contributed by atoms with van der Waals surface area (Å²) in [6.07, 6.45) is 7.08. The molecule has 37 heavy (non-hydrogen) atoms. The molecule has 0 saturated heterocycles. The van der Waals surface area contributed by atoms with Crippen LogP contribution in [0, 0.1) is 5.82 Å². The summed E-state index contributed by atoms with van der Waals surface area (Å²) in [6.45, 7) is 0. The molecule has 0 spiro atoms. The van der Waals surface area contributed by atoms with Gasteiger partial charge < -0.3 is 4.74 Å². The lowest BCUT2D eigenvalue weighted by Gasteiger charge is -2.14. The molecular formula is C27H23FN6O3. The van der Waals surface area contributed by atoms with Gasteiger partial charge in [-0.15, -0.1) is 5.10 Å². The Morgan fingerprint density at radius 2 is 1.89 bits per heavy atom. The smallest absolute Gasteiger partial charge is 0.305 e. The lowest BCUT2D eigenvalue weighted by Crippen LogP contribution is -2.24. The topological polar surface area (TPSA) is 105 Å². The number of nitrogens with zero attached hydrogens (tertiary/aromatic N) is 6. The lowest BCUT2D eigenvalue weighted by atomic mass is 10.1. The van der Waals surface area contributed by atoms with Gasteiger partial charge in [-0.25, -0.2) is 14.1 Å². The summed E-state index contributed by atoms with van der Waals surface area (Å²) in [5.74, 6) is -0.161. The first-order valence-corrected chi connectivity index (χ1v) is 11.7. The molecule has 0 atom stereocenters. The molecule has 3 heterocycles. The second-order valence-electron chi connectivity index (χ2n) is 8.42. The molecule has 0 unspecified atom stereocenters. The molecule has 0 aliphatic rings. The van der Waals surface area contributed by atoms with E-state index in [1.54, 1.807) is 53.6 Å². The monoisotopic (exact) mass is 498 g/mol. The van der Waals surface area contributed by atoms with Crippen LogP contribution >= 0.6 is 0 Å². The highest BCUT2D eigenvalue weighted by molar-refractivity contribution is 5.83. The normalized spacial score (nSPS) is 11.1. The summed E-state index contributed by atoms with van der Waals surface area (Å²) in [4.78, 5) is 34.0. The number of carbonyl (C=O) groups excluding carboxylic acids is 1. The average molecular weight is 499 g/mol. The number of fused-ring (bicyclic) bond motifs is 1. The number of esters is 1. The molecule has 3 aromatic heterocycles. The third-order valence-electron chi connectivity index (χ3n) is 5.98. The summed E-state index contributed by atoms with van der Waals surface area (Å²) >= 11 is 0. The highest BCUT2D eigenvalue weighted by Gasteiger charge is 2.15. The van der Waals surface area contributed by atoms with Crippen molar-refractivity contribution < 1.29 is 13.9 Å². The molecule has 0 aliphatic carbocycles. The molecule has 186 valence electrons. The number of hydrogen-bond donors (Lipinski definition) is 0. The van der Waals surface area contributed by atoms with Crippen LogP contribution in [0.25, 0.3) is 33.5 Å². The van der Waals surface area contributed by atoms with Crippen molar-refractivity contribution >= 4 is 16.9 Å². The van der Waals surface area contributed by atoms with Gasteiger partial charge in [0.25, 0.3) is 5.56 Å². The first-order chi connectivity index (χ1) is 18.0. The molecule has 0 saturated carbocycles. The Balaban J connectivity index is 1.54. The molecule has 0 bridgehead atoms. The first-order valence-electron chi connectivity index (χ1n) is 11.7. The predicted octanol–water partition coefficient (Wildman–Crippen LogP) is 4.05. The summed E-state index contributed by atoms with van der Waals surface area (Å²) in [7, 11) is 1.35. The van der Waals surface area contributed by atoms with Gasteiger partial charge in [-0.2, -0.15) is 0 Å². The Morgan fingerprint density at radius 1 is 1.05 bits per heavy atom. The largest absolute Gasteiger partial charge is 0.469 e. The number of carbonyl (C=O) groups is 1. The van der Waals surface area contributed by atoms with Crippen molar-refractivity contribution in [3.63, 3.8) is 0 Å². The number of benzene rings is 2. The molecule has 0 aliphatic heterocycles. The minimum atomic E-state index is -0.394. The van der Waals surface area contributed by atoms with E-state index >= 15 is 0 Å². The van der Waals surface area contributed by atoms with Crippen LogP contribution in [0.3, 0.4) is 0 Å². The zero-order chi connectivity index (χ0) is 25.8. The van der Waals surface area contributed by atoms with Crippen molar-refractivity contribution in [2.45, 2.75) is 25.7 Å². The molecule has 5 rings (SSSR count). The Labute approximate surface area is 211 Å². The number of aryl methyl sites for hydroxylation is 1. The number of hydrogen-bond acceptors (Lipinski definition) is 7. The van der Waals surface area contributed by atoms with Gasteiger partial charge in [-0.3, -0.25) is 19.1 Å². The molecule has 0 radical (unpaired) electrons. The van der Waals surface area contributed by atoms with Crippen molar-refractivity contribution in [2.75, 3.05) is 7.11 Å². The first kappa shape index (κ1) is 24.0. The minimum absolute atomic E-state index is 0.259. The van der Waals surface area contributed by atoms with Crippen LogP contribution in [0.4, 0.5) is 4.39 Å². The SMILES string of the molecule is COC(=O)CCCCc1nc2cc(-c3cn(-c4cccnc4)nn3)ccc2c(=O)n1-c1ccc(F)cc1. The fourth-order valence-corrected chi connectivity index (χ4v) is 4.08. The van der Waals surface area contributed by atoms with Crippen LogP contribution in [-0.2, 0) is 16.0 Å². The minimum Gasteiger partial charge on any atom is -0.469 e. The highest BCUT2D eigenvalue weighted by atomic mass is 19.1. The maximum absolute atomic E-state index is 13.6. The maximum Gasteiger partial charge on any atom is 0.305 e. The van der Waals surface area contributed by atoms with Crippen molar-refractivity contribution in [2.24, 2.45) is 0 Å². The molecule has 0 fully saturated rings. The van der Waals surface area contributed by atoms with Crippen molar-refractivity contribution in [3.8, 4) is 22.6 Å². The number of ether oxygens (including phenoxy) is 1. The van der Waals surface area contributed by atoms with Gasteiger partial charge in [0.05, 0.1) is 41.8 Å². The van der Waals surface area contributed by atoms with Gasteiger partial charge in [0, 0.05) is 24.6 Å². The fourth-order valence-electron chi connectivity index (χ4n) is 4.08. The predicted molar refractivity (Wildman–Crippen MR) is 135 cm³/mol. The lowest BCUT2D eigenvalue weighted by molar-refractivity contribution is -0.140. The summed E-state index contributed by atoms with van der Waals surface area (Å²) < 4.78 is 21.4. The second-order valence-corrected chi connectivity index (χ2v) is 8.42. The second kappa shape index (κ2) is 10.5. The van der Waals surface area contributed by atoms with E-state index in [2.05, 4.69) is 15.3 Å². The van der Waals surface area contributed by atoms with Crippen molar-refractivity contribution in [1.82, 2.24) is 29.5 Å². The van der Waals surface area contributed by atoms with E-state index in [-0.39, 0.29) is 17.9 Å². The Morgan fingerprint density at radius 3 is 2.65 bits per heavy atom. The zero-order valence-electron chi connectivity index (χ0n) is 20.0. The van der Waals surface area contributed by atoms with Crippen LogP contribution in [0.2, 0.25) is 0 Å². The quantitative estimate of drug-likeness (QED) is 0.235. The van der Waals surface area contributed by atoms with Crippen LogP contribution in [0.5, 0.6) is 0 Å². The number of pyridine rings is 1. The van der Waals surface area contributed by atoms with Gasteiger partial charge in [0.1, 0.15) is 17.3 Å². The van der Waals surface area contributed by atoms with E-state index in [1.807, 2.05) is 12.1 Å².